The summed E-state index contributed by atoms with van der Waals surface area (Å²) in [6.45, 7) is 1.55. The molecule has 0 saturated carbocycles. The first-order valence-electron chi connectivity index (χ1n) is 5.39. The van der Waals surface area contributed by atoms with Gasteiger partial charge < -0.3 is 5.11 Å². The van der Waals surface area contributed by atoms with E-state index < -0.39 is 17.8 Å². The Morgan fingerprint density at radius 2 is 2.05 bits per heavy atom. The molecule has 1 heterocycles. The van der Waals surface area contributed by atoms with E-state index in [-0.39, 0.29) is 5.02 Å². The van der Waals surface area contributed by atoms with Crippen LogP contribution in [0.15, 0.2) is 30.6 Å². The van der Waals surface area contributed by atoms with Crippen LogP contribution < -0.4 is 0 Å². The number of aromatic nitrogens is 2. The third-order valence-electron chi connectivity index (χ3n) is 2.61. The summed E-state index contributed by atoms with van der Waals surface area (Å²) < 4.78 is 38.4. The third kappa shape index (κ3) is 2.90. The van der Waals surface area contributed by atoms with Crippen molar-refractivity contribution >= 4 is 11.6 Å². The van der Waals surface area contributed by atoms with Gasteiger partial charge in [-0.3, -0.25) is 0 Å². The van der Waals surface area contributed by atoms with Crippen molar-refractivity contribution in [1.82, 2.24) is 9.78 Å². The van der Waals surface area contributed by atoms with Crippen molar-refractivity contribution in [3.8, 4) is 5.69 Å². The van der Waals surface area contributed by atoms with E-state index in [1.165, 1.54) is 6.07 Å². The van der Waals surface area contributed by atoms with E-state index in [2.05, 4.69) is 5.10 Å². The molecular formula is C12H10ClF3N2O. The fourth-order valence-corrected chi connectivity index (χ4v) is 1.94. The fraction of sp³-hybridized carbons (Fsp3) is 0.250. The summed E-state index contributed by atoms with van der Waals surface area (Å²) in [5, 5.41) is 13.3. The number of alkyl halides is 3. The molecule has 1 unspecified atom stereocenters. The predicted molar refractivity (Wildman–Crippen MR) is 64.2 cm³/mol. The summed E-state index contributed by atoms with van der Waals surface area (Å²) in [5.41, 5.74) is 0.0711. The van der Waals surface area contributed by atoms with Crippen molar-refractivity contribution < 1.29 is 18.3 Å². The minimum absolute atomic E-state index is 0.275. The Bertz CT molecular complexity index is 593. The topological polar surface area (TPSA) is 38.0 Å². The summed E-state index contributed by atoms with van der Waals surface area (Å²) in [6, 6.07) is 4.55. The summed E-state index contributed by atoms with van der Waals surface area (Å²) in [7, 11) is 0. The van der Waals surface area contributed by atoms with E-state index >= 15 is 0 Å². The van der Waals surface area contributed by atoms with Crippen molar-refractivity contribution in [2.45, 2.75) is 19.2 Å². The van der Waals surface area contributed by atoms with Crippen LogP contribution in [-0.2, 0) is 6.18 Å². The molecule has 2 aromatic rings. The van der Waals surface area contributed by atoms with Gasteiger partial charge in [-0.2, -0.15) is 18.3 Å². The van der Waals surface area contributed by atoms with Crippen LogP contribution >= 0.6 is 11.6 Å². The summed E-state index contributed by atoms with van der Waals surface area (Å²) in [4.78, 5) is 0. The molecule has 102 valence electrons. The van der Waals surface area contributed by atoms with Crippen LogP contribution in [0.3, 0.4) is 0 Å². The van der Waals surface area contributed by atoms with Crippen LogP contribution in [-0.4, -0.2) is 14.9 Å². The zero-order valence-corrected chi connectivity index (χ0v) is 10.6. The first kappa shape index (κ1) is 13.9. The number of aliphatic hydroxyl groups is 1. The Morgan fingerprint density at radius 1 is 1.37 bits per heavy atom. The van der Waals surface area contributed by atoms with Crippen LogP contribution in [0.2, 0.25) is 5.02 Å². The summed E-state index contributed by atoms with van der Waals surface area (Å²) in [6.07, 6.45) is -3.55. The van der Waals surface area contributed by atoms with Gasteiger partial charge in [-0.25, -0.2) is 4.68 Å². The van der Waals surface area contributed by atoms with Gasteiger partial charge >= 0.3 is 6.18 Å². The zero-order chi connectivity index (χ0) is 14.2. The fourth-order valence-electron chi connectivity index (χ4n) is 1.61. The highest BCUT2D eigenvalue weighted by Gasteiger charge is 2.32. The molecule has 19 heavy (non-hydrogen) atoms. The Morgan fingerprint density at radius 3 is 2.53 bits per heavy atom. The van der Waals surface area contributed by atoms with E-state index in [0.29, 0.717) is 11.3 Å². The minimum atomic E-state index is -4.43. The van der Waals surface area contributed by atoms with Gasteiger partial charge in [0.05, 0.1) is 23.6 Å². The van der Waals surface area contributed by atoms with Gasteiger partial charge in [0.1, 0.15) is 0 Å². The first-order chi connectivity index (χ1) is 8.79. The van der Waals surface area contributed by atoms with E-state index in [1.807, 2.05) is 0 Å². The smallest absolute Gasteiger partial charge is 0.389 e. The molecule has 3 nitrogen and oxygen atoms in total. The highest BCUT2D eigenvalue weighted by Crippen LogP contribution is 2.30. The van der Waals surface area contributed by atoms with Crippen LogP contribution in [0.5, 0.6) is 0 Å². The van der Waals surface area contributed by atoms with E-state index in [1.54, 1.807) is 19.1 Å². The second-order valence-electron chi connectivity index (χ2n) is 4.05. The molecule has 1 aromatic carbocycles. The van der Waals surface area contributed by atoms with Crippen LogP contribution in [0.25, 0.3) is 5.69 Å². The quantitative estimate of drug-likeness (QED) is 0.918. The molecule has 0 radical (unpaired) electrons. The lowest BCUT2D eigenvalue weighted by molar-refractivity contribution is -0.137. The lowest BCUT2D eigenvalue weighted by Gasteiger charge is -2.09. The Hall–Kier alpha value is -1.53. The SMILES string of the molecule is CC(O)c1ccc(-n2cc(C(F)(F)F)cn2)cc1Cl. The number of rotatable bonds is 2. The first-order valence-corrected chi connectivity index (χ1v) is 5.76. The lowest BCUT2D eigenvalue weighted by atomic mass is 10.1. The van der Waals surface area contributed by atoms with Gasteiger partial charge in [0, 0.05) is 11.2 Å². The summed E-state index contributed by atoms with van der Waals surface area (Å²) in [5.74, 6) is 0. The molecule has 1 aromatic heterocycles. The van der Waals surface area contributed by atoms with Crippen molar-refractivity contribution in [2.75, 3.05) is 0 Å². The van der Waals surface area contributed by atoms with Crippen molar-refractivity contribution in [2.24, 2.45) is 0 Å². The van der Waals surface area contributed by atoms with Gasteiger partial charge in [-0.05, 0) is 24.6 Å². The largest absolute Gasteiger partial charge is 0.419 e. The number of nitrogens with zero attached hydrogens (tertiary/aromatic N) is 2. The lowest BCUT2D eigenvalue weighted by Crippen LogP contribution is -2.03. The molecule has 1 N–H and O–H groups in total. The number of hydrogen-bond donors (Lipinski definition) is 1. The van der Waals surface area contributed by atoms with Gasteiger partial charge in [0.2, 0.25) is 0 Å². The van der Waals surface area contributed by atoms with Gasteiger partial charge in [0.25, 0.3) is 0 Å². The highest BCUT2D eigenvalue weighted by atomic mass is 35.5. The Balaban J connectivity index is 2.38. The second kappa shape index (κ2) is 4.86. The van der Waals surface area contributed by atoms with Gasteiger partial charge in [0.15, 0.2) is 0 Å². The third-order valence-corrected chi connectivity index (χ3v) is 2.94. The predicted octanol–water partition coefficient (Wildman–Crippen LogP) is 3.60. The van der Waals surface area contributed by atoms with E-state index in [4.69, 9.17) is 11.6 Å². The molecule has 0 amide bonds. The van der Waals surface area contributed by atoms with E-state index in [0.717, 1.165) is 17.1 Å². The van der Waals surface area contributed by atoms with Gasteiger partial charge in [-0.1, -0.05) is 17.7 Å². The molecule has 2 rings (SSSR count). The van der Waals surface area contributed by atoms with Crippen molar-refractivity contribution in [1.29, 1.82) is 0 Å². The molecule has 0 aliphatic carbocycles. The normalized spacial score (nSPS) is 13.6. The maximum Gasteiger partial charge on any atom is 0.419 e. The monoisotopic (exact) mass is 290 g/mol. The molecular weight excluding hydrogens is 281 g/mol. The average Bonchev–Trinajstić information content (AvgIpc) is 2.76. The van der Waals surface area contributed by atoms with Crippen molar-refractivity contribution in [3.05, 3.63) is 46.7 Å². The zero-order valence-electron chi connectivity index (χ0n) is 9.82. The Labute approximate surface area is 112 Å². The maximum absolute atomic E-state index is 12.5. The van der Waals surface area contributed by atoms with Crippen LogP contribution in [0, 0.1) is 0 Å². The Kier molecular flexibility index (Phi) is 3.56. The van der Waals surface area contributed by atoms with Gasteiger partial charge in [-0.15, -0.1) is 0 Å². The molecule has 0 aliphatic heterocycles. The number of aliphatic hydroxyl groups excluding tert-OH is 1. The molecule has 7 heteroatoms. The van der Waals surface area contributed by atoms with Crippen molar-refractivity contribution in [3.63, 3.8) is 0 Å². The number of hydrogen-bond acceptors (Lipinski definition) is 2. The average molecular weight is 291 g/mol. The standard InChI is InChI=1S/C12H10ClF3N2O/c1-7(19)10-3-2-9(4-11(10)13)18-6-8(5-17-18)12(14,15)16/h2-7,19H,1H3. The molecule has 1 atom stereocenters. The number of benzene rings is 1. The second-order valence-corrected chi connectivity index (χ2v) is 4.46. The number of halogens is 4. The molecule has 0 bridgehead atoms. The van der Waals surface area contributed by atoms with Crippen LogP contribution in [0.4, 0.5) is 13.2 Å². The molecule has 0 fully saturated rings. The van der Waals surface area contributed by atoms with Crippen LogP contribution in [0.1, 0.15) is 24.2 Å². The minimum Gasteiger partial charge on any atom is -0.389 e. The molecule has 0 aliphatic rings. The molecule has 0 saturated heterocycles. The molecule has 0 spiro atoms. The maximum atomic E-state index is 12.5. The summed E-state index contributed by atoms with van der Waals surface area (Å²) >= 11 is 5.95. The highest BCUT2D eigenvalue weighted by molar-refractivity contribution is 6.31. The van der Waals surface area contributed by atoms with E-state index in [9.17, 15) is 18.3 Å².